The van der Waals surface area contributed by atoms with Crippen molar-refractivity contribution >= 4 is 11.3 Å². The van der Waals surface area contributed by atoms with Crippen LogP contribution < -0.4 is 5.32 Å². The van der Waals surface area contributed by atoms with E-state index < -0.39 is 0 Å². The van der Waals surface area contributed by atoms with Crippen LogP contribution in [0.15, 0.2) is 17.5 Å². The van der Waals surface area contributed by atoms with Crippen molar-refractivity contribution in [1.29, 1.82) is 0 Å². The molecule has 2 nitrogen and oxygen atoms in total. The van der Waals surface area contributed by atoms with E-state index in [0.717, 1.165) is 25.0 Å². The van der Waals surface area contributed by atoms with Crippen LogP contribution in [0.5, 0.6) is 0 Å². The molecule has 0 unspecified atom stereocenters. The number of thiophene rings is 1. The van der Waals surface area contributed by atoms with Crippen molar-refractivity contribution in [2.75, 3.05) is 26.2 Å². The number of nitrogens with one attached hydrogen (secondary N) is 1. The summed E-state index contributed by atoms with van der Waals surface area (Å²) in [7, 11) is 0. The van der Waals surface area contributed by atoms with Crippen molar-refractivity contribution in [3.05, 3.63) is 22.4 Å². The van der Waals surface area contributed by atoms with E-state index in [4.69, 9.17) is 0 Å². The van der Waals surface area contributed by atoms with Crippen LogP contribution in [-0.4, -0.2) is 31.1 Å². The molecule has 1 atom stereocenters. The van der Waals surface area contributed by atoms with Crippen LogP contribution >= 0.6 is 11.3 Å². The second-order valence-electron chi connectivity index (χ2n) is 4.94. The third kappa shape index (κ3) is 2.04. The van der Waals surface area contributed by atoms with Gasteiger partial charge >= 0.3 is 0 Å². The lowest BCUT2D eigenvalue weighted by Crippen LogP contribution is -2.47. The maximum atomic E-state index is 3.45. The fourth-order valence-corrected chi connectivity index (χ4v) is 3.84. The van der Waals surface area contributed by atoms with Gasteiger partial charge < -0.3 is 5.32 Å². The second kappa shape index (κ2) is 4.86. The molecule has 0 bridgehead atoms. The van der Waals surface area contributed by atoms with E-state index in [1.54, 1.807) is 4.88 Å². The predicted molar refractivity (Wildman–Crippen MR) is 68.8 cm³/mol. The molecule has 2 aliphatic rings. The summed E-state index contributed by atoms with van der Waals surface area (Å²) >= 11 is 1.94. The van der Waals surface area contributed by atoms with Gasteiger partial charge in [-0.05, 0) is 30.2 Å². The molecule has 1 aliphatic heterocycles. The Labute approximate surface area is 102 Å². The molecule has 0 spiro atoms. The Morgan fingerprint density at radius 2 is 2.12 bits per heavy atom. The summed E-state index contributed by atoms with van der Waals surface area (Å²) in [4.78, 5) is 4.29. The van der Waals surface area contributed by atoms with Crippen LogP contribution in [0.2, 0.25) is 0 Å². The molecule has 1 saturated carbocycles. The highest BCUT2D eigenvalue weighted by Crippen LogP contribution is 2.42. The molecule has 88 valence electrons. The highest BCUT2D eigenvalue weighted by molar-refractivity contribution is 7.10. The fraction of sp³-hybridized carbons (Fsp3) is 0.692. The number of hydrogen-bond acceptors (Lipinski definition) is 3. The molecule has 1 aromatic rings. The van der Waals surface area contributed by atoms with E-state index in [1.807, 2.05) is 11.3 Å². The van der Waals surface area contributed by atoms with Gasteiger partial charge in [-0.15, -0.1) is 11.3 Å². The van der Waals surface area contributed by atoms with Crippen LogP contribution in [0.25, 0.3) is 0 Å². The average Bonchev–Trinajstić information content (AvgIpc) is 2.77. The smallest absolute Gasteiger partial charge is 0.0470 e. The highest BCUT2D eigenvalue weighted by Gasteiger charge is 2.33. The normalized spacial score (nSPS) is 25.2. The van der Waals surface area contributed by atoms with E-state index in [1.165, 1.54) is 32.4 Å². The molecule has 1 N–H and O–H groups in total. The quantitative estimate of drug-likeness (QED) is 0.867. The first-order valence-corrected chi connectivity index (χ1v) is 7.31. The van der Waals surface area contributed by atoms with Crippen molar-refractivity contribution in [2.24, 2.45) is 5.92 Å². The SMILES string of the molecule is c1csc([C@@H](C2CCC2)N2CCNCC2)c1. The Kier molecular flexibility index (Phi) is 3.27. The lowest BCUT2D eigenvalue weighted by atomic mass is 9.78. The van der Waals surface area contributed by atoms with Gasteiger partial charge in [-0.2, -0.15) is 0 Å². The van der Waals surface area contributed by atoms with Crippen LogP contribution in [-0.2, 0) is 0 Å². The van der Waals surface area contributed by atoms with Gasteiger partial charge in [0.05, 0.1) is 0 Å². The minimum atomic E-state index is 0.718. The van der Waals surface area contributed by atoms with Gasteiger partial charge in [0, 0.05) is 37.1 Å². The van der Waals surface area contributed by atoms with Crippen LogP contribution in [0.1, 0.15) is 30.2 Å². The van der Waals surface area contributed by atoms with Gasteiger partial charge in [0.2, 0.25) is 0 Å². The van der Waals surface area contributed by atoms with Crippen molar-refractivity contribution in [2.45, 2.75) is 25.3 Å². The standard InChI is InChI=1S/C13H20N2S/c1-3-11(4-1)13(12-5-2-10-16-12)15-8-6-14-7-9-15/h2,5,10-11,13-14H,1,3-4,6-9H2/t13-/m1/s1. The largest absolute Gasteiger partial charge is 0.314 e. The van der Waals surface area contributed by atoms with Gasteiger partial charge in [-0.25, -0.2) is 0 Å². The molecule has 3 heteroatoms. The Bertz CT molecular complexity index is 313. The molecule has 1 saturated heterocycles. The van der Waals surface area contributed by atoms with Gasteiger partial charge in [-0.3, -0.25) is 4.90 Å². The summed E-state index contributed by atoms with van der Waals surface area (Å²) in [5.41, 5.74) is 0. The van der Waals surface area contributed by atoms with E-state index in [9.17, 15) is 0 Å². The Morgan fingerprint density at radius 1 is 1.31 bits per heavy atom. The molecule has 0 radical (unpaired) electrons. The maximum Gasteiger partial charge on any atom is 0.0470 e. The minimum absolute atomic E-state index is 0.718. The topological polar surface area (TPSA) is 15.3 Å². The summed E-state index contributed by atoms with van der Waals surface area (Å²) in [6.07, 6.45) is 4.32. The molecule has 0 aromatic carbocycles. The molecular weight excluding hydrogens is 216 g/mol. The zero-order valence-electron chi connectivity index (χ0n) is 9.69. The van der Waals surface area contributed by atoms with Crippen molar-refractivity contribution in [3.8, 4) is 0 Å². The van der Waals surface area contributed by atoms with E-state index in [-0.39, 0.29) is 0 Å². The number of piperazine rings is 1. The summed E-state index contributed by atoms with van der Waals surface area (Å²) in [6.45, 7) is 4.77. The van der Waals surface area contributed by atoms with Gasteiger partial charge in [0.15, 0.2) is 0 Å². The van der Waals surface area contributed by atoms with Crippen LogP contribution in [0.4, 0.5) is 0 Å². The first-order valence-electron chi connectivity index (χ1n) is 6.43. The average molecular weight is 236 g/mol. The number of rotatable bonds is 3. The van der Waals surface area contributed by atoms with E-state index in [0.29, 0.717) is 0 Å². The second-order valence-corrected chi connectivity index (χ2v) is 5.92. The van der Waals surface area contributed by atoms with Crippen molar-refractivity contribution in [1.82, 2.24) is 10.2 Å². The third-order valence-corrected chi connectivity index (χ3v) is 4.92. The monoisotopic (exact) mass is 236 g/mol. The lowest BCUT2D eigenvalue weighted by Gasteiger charge is -2.42. The maximum absolute atomic E-state index is 3.45. The van der Waals surface area contributed by atoms with Crippen LogP contribution in [0, 0.1) is 5.92 Å². The summed E-state index contributed by atoms with van der Waals surface area (Å²) in [6, 6.07) is 5.25. The molecule has 16 heavy (non-hydrogen) atoms. The van der Waals surface area contributed by atoms with Crippen LogP contribution in [0.3, 0.4) is 0 Å². The molecule has 2 heterocycles. The number of hydrogen-bond donors (Lipinski definition) is 1. The van der Waals surface area contributed by atoms with Gasteiger partial charge in [0.1, 0.15) is 0 Å². The van der Waals surface area contributed by atoms with Gasteiger partial charge in [0.25, 0.3) is 0 Å². The van der Waals surface area contributed by atoms with Gasteiger partial charge in [-0.1, -0.05) is 12.5 Å². The third-order valence-electron chi connectivity index (χ3n) is 3.98. The molecule has 2 fully saturated rings. The Hall–Kier alpha value is -0.380. The first kappa shape index (κ1) is 10.8. The van der Waals surface area contributed by atoms with E-state index in [2.05, 4.69) is 27.7 Å². The fourth-order valence-electron chi connectivity index (χ4n) is 2.89. The zero-order valence-corrected chi connectivity index (χ0v) is 10.5. The predicted octanol–water partition coefficient (Wildman–Crippen LogP) is 2.49. The Morgan fingerprint density at radius 3 is 2.69 bits per heavy atom. The summed E-state index contributed by atoms with van der Waals surface area (Å²) < 4.78 is 0. The molecule has 0 amide bonds. The molecular formula is C13H20N2S. The zero-order chi connectivity index (χ0) is 10.8. The molecule has 3 rings (SSSR count). The van der Waals surface area contributed by atoms with Crippen molar-refractivity contribution in [3.63, 3.8) is 0 Å². The molecule has 1 aromatic heterocycles. The Balaban J connectivity index is 1.77. The highest BCUT2D eigenvalue weighted by atomic mass is 32.1. The van der Waals surface area contributed by atoms with E-state index >= 15 is 0 Å². The molecule has 1 aliphatic carbocycles. The minimum Gasteiger partial charge on any atom is -0.314 e. The summed E-state index contributed by atoms with van der Waals surface area (Å²) in [5, 5.41) is 5.68. The summed E-state index contributed by atoms with van der Waals surface area (Å²) in [5.74, 6) is 0.928. The number of nitrogens with zero attached hydrogens (tertiary/aromatic N) is 1. The van der Waals surface area contributed by atoms with Crippen molar-refractivity contribution < 1.29 is 0 Å². The lowest BCUT2D eigenvalue weighted by molar-refractivity contribution is 0.0861. The first-order chi connectivity index (χ1) is 7.95.